The lowest BCUT2D eigenvalue weighted by atomic mass is 9.89. The fourth-order valence-corrected chi connectivity index (χ4v) is 3.08. The summed E-state index contributed by atoms with van der Waals surface area (Å²) in [4.78, 5) is 30.0. The zero-order valence-corrected chi connectivity index (χ0v) is 15.2. The second-order valence-electron chi connectivity index (χ2n) is 7.46. The minimum atomic E-state index is -0.849. The first kappa shape index (κ1) is 18.2. The number of carboxylic acids is 1. The molecule has 2 heterocycles. The molecule has 0 radical (unpaired) electrons. The van der Waals surface area contributed by atoms with Gasteiger partial charge in [-0.1, -0.05) is 12.1 Å². The number of carboxylic acid groups (broad SMARTS) is 1. The van der Waals surface area contributed by atoms with Gasteiger partial charge in [-0.15, -0.1) is 0 Å². The lowest BCUT2D eigenvalue weighted by Crippen LogP contribution is -2.41. The third-order valence-corrected chi connectivity index (χ3v) is 5.05. The predicted octanol–water partition coefficient (Wildman–Crippen LogP) is 2.66. The quantitative estimate of drug-likeness (QED) is 0.823. The van der Waals surface area contributed by atoms with Gasteiger partial charge in [0.1, 0.15) is 5.52 Å². The summed E-state index contributed by atoms with van der Waals surface area (Å²) in [6.45, 7) is 5.14. The van der Waals surface area contributed by atoms with E-state index in [4.69, 9.17) is 9.52 Å². The average Bonchev–Trinajstić information content (AvgIpc) is 3.05. The largest absolute Gasteiger partial charge is 0.481 e. The number of anilines is 1. The number of oxazole rings is 1. The zero-order valence-electron chi connectivity index (χ0n) is 15.2. The number of hydrogen-bond acceptors (Lipinski definition) is 5. The van der Waals surface area contributed by atoms with Gasteiger partial charge in [-0.2, -0.15) is 4.98 Å². The van der Waals surface area contributed by atoms with E-state index in [-0.39, 0.29) is 11.8 Å². The molecule has 1 saturated heterocycles. The Morgan fingerprint density at radius 2 is 2.00 bits per heavy atom. The van der Waals surface area contributed by atoms with Crippen molar-refractivity contribution in [1.29, 1.82) is 0 Å². The Labute approximate surface area is 152 Å². The van der Waals surface area contributed by atoms with Crippen LogP contribution in [0.3, 0.4) is 0 Å². The van der Waals surface area contributed by atoms with Crippen LogP contribution in [0.5, 0.6) is 0 Å². The van der Waals surface area contributed by atoms with Crippen LogP contribution in [0, 0.1) is 11.3 Å². The first-order valence-corrected chi connectivity index (χ1v) is 8.98. The molecular weight excluding hydrogens is 334 g/mol. The Hall–Kier alpha value is -2.57. The van der Waals surface area contributed by atoms with Crippen LogP contribution < -0.4 is 10.2 Å². The molecule has 0 unspecified atom stereocenters. The van der Waals surface area contributed by atoms with E-state index in [2.05, 4.69) is 15.2 Å². The molecular formula is C19H25N3O4. The van der Waals surface area contributed by atoms with Gasteiger partial charge in [0.05, 0.1) is 5.41 Å². The van der Waals surface area contributed by atoms with Crippen LogP contribution >= 0.6 is 0 Å². The van der Waals surface area contributed by atoms with Crippen molar-refractivity contribution in [1.82, 2.24) is 10.3 Å². The fraction of sp³-hybridized carbons (Fsp3) is 0.526. The van der Waals surface area contributed by atoms with Crippen molar-refractivity contribution in [3.05, 3.63) is 24.3 Å². The van der Waals surface area contributed by atoms with Crippen LogP contribution in [0.1, 0.15) is 33.1 Å². The highest BCUT2D eigenvalue weighted by atomic mass is 16.4. The Morgan fingerprint density at radius 1 is 1.31 bits per heavy atom. The summed E-state index contributed by atoms with van der Waals surface area (Å²) in [6.07, 6.45) is 1.87. The molecule has 3 rings (SSSR count). The summed E-state index contributed by atoms with van der Waals surface area (Å²) in [5.74, 6) is -0.898. The lowest BCUT2D eigenvalue weighted by Gasteiger charge is -2.30. The van der Waals surface area contributed by atoms with Crippen LogP contribution in [-0.4, -0.2) is 41.6 Å². The molecule has 7 heteroatoms. The minimum absolute atomic E-state index is 0.00315. The Bertz CT molecular complexity index is 758. The number of amides is 1. The molecule has 7 nitrogen and oxygen atoms in total. The van der Waals surface area contributed by atoms with Crippen LogP contribution in [0.15, 0.2) is 28.7 Å². The summed E-state index contributed by atoms with van der Waals surface area (Å²) >= 11 is 0. The molecule has 2 aromatic rings. The normalized spacial score (nSPS) is 16.0. The molecule has 2 N–H and O–H groups in total. The Kier molecular flexibility index (Phi) is 5.15. The van der Waals surface area contributed by atoms with Gasteiger partial charge < -0.3 is 19.7 Å². The van der Waals surface area contributed by atoms with E-state index in [1.54, 1.807) is 13.8 Å². The molecule has 1 aromatic carbocycles. The number of fused-ring (bicyclic) bond motifs is 1. The number of nitrogens with one attached hydrogen (secondary N) is 1. The van der Waals surface area contributed by atoms with Crippen LogP contribution in [0.4, 0.5) is 6.01 Å². The van der Waals surface area contributed by atoms with Gasteiger partial charge in [0.15, 0.2) is 5.58 Å². The van der Waals surface area contributed by atoms with E-state index in [9.17, 15) is 9.59 Å². The summed E-state index contributed by atoms with van der Waals surface area (Å²) in [7, 11) is 0. The smallest absolute Gasteiger partial charge is 0.309 e. The second kappa shape index (κ2) is 7.35. The number of piperidine rings is 1. The van der Waals surface area contributed by atoms with Crippen molar-refractivity contribution in [2.75, 3.05) is 24.5 Å². The number of aromatic nitrogens is 1. The molecule has 0 bridgehead atoms. The minimum Gasteiger partial charge on any atom is -0.481 e. The second-order valence-corrected chi connectivity index (χ2v) is 7.46. The van der Waals surface area contributed by atoms with Crippen molar-refractivity contribution < 1.29 is 19.1 Å². The number of para-hydroxylation sites is 2. The maximum Gasteiger partial charge on any atom is 0.309 e. The van der Waals surface area contributed by atoms with Crippen molar-refractivity contribution in [3.63, 3.8) is 0 Å². The molecule has 0 atom stereocenters. The molecule has 0 aliphatic carbocycles. The van der Waals surface area contributed by atoms with Crippen LogP contribution in [0.2, 0.25) is 0 Å². The fourth-order valence-electron chi connectivity index (χ4n) is 3.08. The van der Waals surface area contributed by atoms with Gasteiger partial charge in [-0.05, 0) is 45.2 Å². The third kappa shape index (κ3) is 3.98. The van der Waals surface area contributed by atoms with Crippen LogP contribution in [-0.2, 0) is 9.59 Å². The molecule has 1 aliphatic rings. The predicted molar refractivity (Wildman–Crippen MR) is 98.0 cm³/mol. The highest BCUT2D eigenvalue weighted by molar-refractivity contribution is 5.79. The number of carbonyl (C=O) groups excluding carboxylic acids is 1. The van der Waals surface area contributed by atoms with Gasteiger partial charge in [0, 0.05) is 25.6 Å². The van der Waals surface area contributed by atoms with Crippen molar-refractivity contribution in [3.8, 4) is 0 Å². The number of nitrogens with zero attached hydrogens (tertiary/aromatic N) is 2. The topological polar surface area (TPSA) is 95.7 Å². The molecule has 140 valence electrons. The molecule has 0 saturated carbocycles. The van der Waals surface area contributed by atoms with Crippen molar-refractivity contribution >= 4 is 29.0 Å². The lowest BCUT2D eigenvalue weighted by molar-refractivity contribution is -0.147. The Morgan fingerprint density at radius 3 is 2.65 bits per heavy atom. The van der Waals surface area contributed by atoms with Gasteiger partial charge in [0.25, 0.3) is 6.01 Å². The van der Waals surface area contributed by atoms with E-state index >= 15 is 0 Å². The molecule has 26 heavy (non-hydrogen) atoms. The molecule has 1 aliphatic heterocycles. The third-order valence-electron chi connectivity index (χ3n) is 5.05. The number of benzene rings is 1. The Balaban J connectivity index is 1.48. The monoisotopic (exact) mass is 359 g/mol. The van der Waals surface area contributed by atoms with E-state index in [0.717, 1.165) is 23.9 Å². The summed E-state index contributed by atoms with van der Waals surface area (Å²) < 4.78 is 5.79. The van der Waals surface area contributed by atoms with E-state index in [0.29, 0.717) is 32.1 Å². The molecule has 0 spiro atoms. The molecule has 1 fully saturated rings. The van der Waals surface area contributed by atoms with Crippen molar-refractivity contribution in [2.45, 2.75) is 33.1 Å². The van der Waals surface area contributed by atoms with Crippen LogP contribution in [0.25, 0.3) is 11.1 Å². The summed E-state index contributed by atoms with van der Waals surface area (Å²) in [5.41, 5.74) is 0.774. The van der Waals surface area contributed by atoms with Gasteiger partial charge >= 0.3 is 5.97 Å². The van der Waals surface area contributed by atoms with Gasteiger partial charge in [0.2, 0.25) is 5.91 Å². The van der Waals surface area contributed by atoms with E-state index in [1.807, 2.05) is 24.3 Å². The number of carbonyl (C=O) groups is 2. The summed E-state index contributed by atoms with van der Waals surface area (Å²) in [6, 6.07) is 8.26. The first-order chi connectivity index (χ1) is 12.4. The molecule has 1 amide bonds. The highest BCUT2D eigenvalue weighted by Gasteiger charge is 2.29. The van der Waals surface area contributed by atoms with E-state index < -0.39 is 11.4 Å². The number of rotatable bonds is 6. The average molecular weight is 359 g/mol. The van der Waals surface area contributed by atoms with E-state index in [1.165, 1.54) is 0 Å². The summed E-state index contributed by atoms with van der Waals surface area (Å²) in [5, 5.41) is 12.0. The maximum absolute atomic E-state index is 12.3. The molecule has 1 aromatic heterocycles. The van der Waals surface area contributed by atoms with Gasteiger partial charge in [-0.25, -0.2) is 0 Å². The first-order valence-electron chi connectivity index (χ1n) is 8.98. The maximum atomic E-state index is 12.3. The SMILES string of the molecule is CC(C)(CCNC(=O)C1CCN(c2nc3ccccc3o2)CC1)C(=O)O. The van der Waals surface area contributed by atoms with Crippen molar-refractivity contribution in [2.24, 2.45) is 11.3 Å². The number of aliphatic carboxylic acids is 1. The standard InChI is InChI=1S/C19H25N3O4/c1-19(2,17(24)25)9-10-20-16(23)13-7-11-22(12-8-13)18-21-14-5-3-4-6-15(14)26-18/h3-6,13H,7-12H2,1-2H3,(H,20,23)(H,24,25). The highest BCUT2D eigenvalue weighted by Crippen LogP contribution is 2.26. The zero-order chi connectivity index (χ0) is 18.7. The number of hydrogen-bond donors (Lipinski definition) is 2. The van der Waals surface area contributed by atoms with Gasteiger partial charge in [-0.3, -0.25) is 9.59 Å².